The van der Waals surface area contributed by atoms with Crippen LogP contribution in [0.3, 0.4) is 0 Å². The van der Waals surface area contributed by atoms with Gasteiger partial charge in [0.1, 0.15) is 5.60 Å². The van der Waals surface area contributed by atoms with Crippen LogP contribution in [0.2, 0.25) is 0 Å². The number of carbonyl (C=O) groups excluding carboxylic acids is 2. The smallest absolute Gasteiger partial charge is 0.407 e. The van der Waals surface area contributed by atoms with Crippen molar-refractivity contribution in [3.05, 3.63) is 0 Å². The van der Waals surface area contributed by atoms with Gasteiger partial charge < -0.3 is 25.4 Å². The fourth-order valence-electron chi connectivity index (χ4n) is 2.71. The molecule has 0 unspecified atom stereocenters. The maximum atomic E-state index is 12.1. The van der Waals surface area contributed by atoms with Crippen molar-refractivity contribution in [2.45, 2.75) is 57.7 Å². The second-order valence-electron chi connectivity index (χ2n) is 7.05. The van der Waals surface area contributed by atoms with Gasteiger partial charge >= 0.3 is 12.2 Å². The van der Waals surface area contributed by atoms with Crippen LogP contribution in [0.4, 0.5) is 9.59 Å². The molecule has 0 aliphatic heterocycles. The van der Waals surface area contributed by atoms with E-state index in [1.807, 2.05) is 0 Å². The number of nitrogens with zero attached hydrogens (tertiary/aromatic N) is 1. The molecule has 0 bridgehead atoms. The Balaban J connectivity index is 2.78. The Labute approximate surface area is 136 Å². The number of rotatable bonds is 3. The highest BCUT2D eigenvalue weighted by Crippen LogP contribution is 2.26. The van der Waals surface area contributed by atoms with Crippen molar-refractivity contribution in [1.82, 2.24) is 15.5 Å². The molecule has 8 nitrogen and oxygen atoms in total. The predicted octanol–water partition coefficient (Wildman–Crippen LogP) is 1.40. The zero-order chi connectivity index (χ0) is 17.8. The summed E-state index contributed by atoms with van der Waals surface area (Å²) in [6.45, 7) is 5.25. The van der Waals surface area contributed by atoms with Crippen molar-refractivity contribution < 1.29 is 24.2 Å². The minimum Gasteiger partial charge on any atom is -0.465 e. The predicted molar refractivity (Wildman–Crippen MR) is 84.1 cm³/mol. The van der Waals surface area contributed by atoms with Crippen LogP contribution in [0.5, 0.6) is 0 Å². The molecule has 1 saturated carbocycles. The average molecular weight is 329 g/mol. The van der Waals surface area contributed by atoms with Crippen molar-refractivity contribution in [2.75, 3.05) is 14.1 Å². The molecule has 1 aliphatic carbocycles. The molecule has 0 spiro atoms. The summed E-state index contributed by atoms with van der Waals surface area (Å²) in [5, 5.41) is 14.0. The molecule has 0 saturated heterocycles. The molecule has 132 valence electrons. The largest absolute Gasteiger partial charge is 0.465 e. The molecule has 1 fully saturated rings. The Morgan fingerprint density at radius 1 is 1.09 bits per heavy atom. The monoisotopic (exact) mass is 329 g/mol. The van der Waals surface area contributed by atoms with Crippen molar-refractivity contribution in [3.8, 4) is 0 Å². The summed E-state index contributed by atoms with van der Waals surface area (Å²) >= 11 is 0. The van der Waals surface area contributed by atoms with E-state index in [4.69, 9.17) is 9.84 Å². The summed E-state index contributed by atoms with van der Waals surface area (Å²) < 4.78 is 5.22. The Morgan fingerprint density at radius 2 is 1.70 bits per heavy atom. The number of alkyl carbamates (subject to hydrolysis) is 1. The van der Waals surface area contributed by atoms with Gasteiger partial charge in [-0.3, -0.25) is 4.79 Å². The van der Waals surface area contributed by atoms with Crippen LogP contribution in [0, 0.1) is 5.92 Å². The van der Waals surface area contributed by atoms with Gasteiger partial charge in [-0.15, -0.1) is 0 Å². The summed E-state index contributed by atoms with van der Waals surface area (Å²) in [6, 6.07) is -0.921. The van der Waals surface area contributed by atoms with Gasteiger partial charge in [0.25, 0.3) is 0 Å². The van der Waals surface area contributed by atoms with E-state index < -0.39 is 29.9 Å². The molecule has 0 aromatic heterocycles. The first kappa shape index (κ1) is 19.1. The van der Waals surface area contributed by atoms with Crippen molar-refractivity contribution in [1.29, 1.82) is 0 Å². The maximum Gasteiger partial charge on any atom is 0.407 e. The molecule has 0 aromatic carbocycles. The van der Waals surface area contributed by atoms with Gasteiger partial charge in [-0.1, -0.05) is 0 Å². The molecule has 1 rings (SSSR count). The van der Waals surface area contributed by atoms with E-state index in [1.165, 1.54) is 4.90 Å². The van der Waals surface area contributed by atoms with E-state index in [0.717, 1.165) is 0 Å². The van der Waals surface area contributed by atoms with Gasteiger partial charge in [0, 0.05) is 20.0 Å². The molecule has 23 heavy (non-hydrogen) atoms. The topological polar surface area (TPSA) is 108 Å². The first-order valence-electron chi connectivity index (χ1n) is 7.69. The van der Waals surface area contributed by atoms with Gasteiger partial charge in [0.2, 0.25) is 5.91 Å². The fourth-order valence-corrected chi connectivity index (χ4v) is 2.71. The van der Waals surface area contributed by atoms with E-state index in [9.17, 15) is 14.4 Å². The summed E-state index contributed by atoms with van der Waals surface area (Å²) in [7, 11) is 3.36. The van der Waals surface area contributed by atoms with E-state index in [2.05, 4.69) is 10.6 Å². The minimum absolute atomic E-state index is 0.0187. The van der Waals surface area contributed by atoms with Crippen molar-refractivity contribution >= 4 is 18.1 Å². The fraction of sp³-hybridized carbons (Fsp3) is 0.800. The molecule has 3 amide bonds. The average Bonchev–Trinajstić information content (AvgIpc) is 2.36. The second kappa shape index (κ2) is 7.52. The standard InChI is InChI=1S/C15H27N3O5/c1-15(2,3)23-14(22)17-11-8-9(12(19)18(4)5)6-7-10(11)16-13(20)21/h9-11,16H,6-8H2,1-5H3,(H,17,22)(H,20,21)/t9-,10-,11+/m0/s1. The first-order chi connectivity index (χ1) is 10.5. The van der Waals surface area contributed by atoms with Crippen LogP contribution < -0.4 is 10.6 Å². The first-order valence-corrected chi connectivity index (χ1v) is 7.69. The number of carboxylic acid groups (broad SMARTS) is 1. The highest BCUT2D eigenvalue weighted by molar-refractivity contribution is 5.78. The molecule has 8 heteroatoms. The third-order valence-corrected chi connectivity index (χ3v) is 3.65. The molecule has 0 radical (unpaired) electrons. The molecule has 3 atom stereocenters. The van der Waals surface area contributed by atoms with Crippen molar-refractivity contribution in [3.63, 3.8) is 0 Å². The molecule has 0 heterocycles. The van der Waals surface area contributed by atoms with Crippen LogP contribution in [0.15, 0.2) is 0 Å². The van der Waals surface area contributed by atoms with Crippen LogP contribution in [0.1, 0.15) is 40.0 Å². The lowest BCUT2D eigenvalue weighted by Gasteiger charge is -2.36. The quantitative estimate of drug-likeness (QED) is 0.725. The zero-order valence-electron chi connectivity index (χ0n) is 14.4. The summed E-state index contributed by atoms with van der Waals surface area (Å²) in [5.74, 6) is -0.258. The van der Waals surface area contributed by atoms with Crippen molar-refractivity contribution in [2.24, 2.45) is 5.92 Å². The number of hydrogen-bond acceptors (Lipinski definition) is 4. The Bertz CT molecular complexity index is 459. The Morgan fingerprint density at radius 3 is 2.17 bits per heavy atom. The van der Waals surface area contributed by atoms with Gasteiger partial charge in [0.15, 0.2) is 0 Å². The number of hydrogen-bond donors (Lipinski definition) is 3. The molecule has 3 N–H and O–H groups in total. The number of amides is 3. The number of ether oxygens (including phenoxy) is 1. The lowest BCUT2D eigenvalue weighted by molar-refractivity contribution is -0.134. The third-order valence-electron chi connectivity index (χ3n) is 3.65. The zero-order valence-corrected chi connectivity index (χ0v) is 14.4. The second-order valence-corrected chi connectivity index (χ2v) is 7.05. The lowest BCUT2D eigenvalue weighted by Crippen LogP contribution is -2.56. The van der Waals surface area contributed by atoms with Gasteiger partial charge in [-0.25, -0.2) is 9.59 Å². The summed E-state index contributed by atoms with van der Waals surface area (Å²) in [6.07, 6.45) is -0.326. The van der Waals surface area contributed by atoms with Crippen LogP contribution >= 0.6 is 0 Å². The molecule has 0 aromatic rings. The van der Waals surface area contributed by atoms with E-state index in [0.29, 0.717) is 19.3 Å². The SMILES string of the molecule is CN(C)C(=O)[C@H]1CC[C@H](NC(=O)O)[C@H](NC(=O)OC(C)(C)C)C1. The highest BCUT2D eigenvalue weighted by atomic mass is 16.6. The normalized spacial score (nSPS) is 24.5. The van der Waals surface area contributed by atoms with E-state index in [1.54, 1.807) is 34.9 Å². The summed E-state index contributed by atoms with van der Waals surface area (Å²) in [5.41, 5.74) is -0.646. The van der Waals surface area contributed by atoms with E-state index in [-0.39, 0.29) is 11.8 Å². The highest BCUT2D eigenvalue weighted by Gasteiger charge is 2.36. The van der Waals surface area contributed by atoms with Crippen LogP contribution in [0.25, 0.3) is 0 Å². The van der Waals surface area contributed by atoms with Gasteiger partial charge in [0.05, 0.1) is 12.1 Å². The maximum absolute atomic E-state index is 12.1. The van der Waals surface area contributed by atoms with Gasteiger partial charge in [-0.2, -0.15) is 0 Å². The molecule has 1 aliphatic rings. The summed E-state index contributed by atoms with van der Waals surface area (Å²) in [4.78, 5) is 36.5. The number of carbonyl (C=O) groups is 3. The van der Waals surface area contributed by atoms with Crippen LogP contribution in [-0.4, -0.2) is 59.9 Å². The molecular weight excluding hydrogens is 302 g/mol. The Hall–Kier alpha value is -1.99. The lowest BCUT2D eigenvalue weighted by atomic mass is 9.81. The third kappa shape index (κ3) is 6.33. The minimum atomic E-state index is -1.15. The molecular formula is C15H27N3O5. The number of nitrogens with one attached hydrogen (secondary N) is 2. The Kier molecular flexibility index (Phi) is 6.23. The van der Waals surface area contributed by atoms with Gasteiger partial charge in [-0.05, 0) is 40.0 Å². The van der Waals surface area contributed by atoms with E-state index >= 15 is 0 Å². The van der Waals surface area contributed by atoms with Crippen LogP contribution in [-0.2, 0) is 9.53 Å².